The first-order chi connectivity index (χ1) is 9.44. The number of alkyl halides is 3. The van der Waals surface area contributed by atoms with Crippen molar-refractivity contribution in [2.45, 2.75) is 31.8 Å². The molecule has 0 unspecified atom stereocenters. The van der Waals surface area contributed by atoms with E-state index in [4.69, 9.17) is 0 Å². The molecule has 1 aromatic rings. The molecule has 20 heavy (non-hydrogen) atoms. The minimum absolute atomic E-state index is 0.175. The smallest absolute Gasteiger partial charge is 0.406 e. The maximum Gasteiger partial charge on any atom is 0.573 e. The molecule has 0 saturated carbocycles. The second-order valence-corrected chi connectivity index (χ2v) is 5.09. The van der Waals surface area contributed by atoms with Crippen LogP contribution in [0, 0.1) is 0 Å². The van der Waals surface area contributed by atoms with Crippen LogP contribution in [0.3, 0.4) is 0 Å². The van der Waals surface area contributed by atoms with Gasteiger partial charge in [-0.15, -0.1) is 13.2 Å². The molecule has 0 atom stereocenters. The fourth-order valence-corrected chi connectivity index (χ4v) is 2.46. The monoisotopic (exact) mass is 288 g/mol. The van der Waals surface area contributed by atoms with E-state index in [0.29, 0.717) is 6.04 Å². The van der Waals surface area contributed by atoms with Crippen LogP contribution < -0.4 is 10.1 Å². The Bertz CT molecular complexity index is 413. The maximum absolute atomic E-state index is 12.1. The number of nitrogens with one attached hydrogen (secondary N) is 1. The predicted octanol–water partition coefficient (Wildman–Crippen LogP) is 2.77. The summed E-state index contributed by atoms with van der Waals surface area (Å²) in [6.45, 7) is 2.78. The Balaban J connectivity index is 1.89. The average Bonchev–Trinajstić information content (AvgIpc) is 2.40. The standard InChI is InChI=1S/C14H19F3N2O/c1-19(12-6-8-18-9-7-12)10-11-2-4-13(5-3-11)20-14(15,16)17/h2-5,12,18H,6-10H2,1H3. The van der Waals surface area contributed by atoms with Crippen molar-refractivity contribution in [2.24, 2.45) is 0 Å². The zero-order valence-electron chi connectivity index (χ0n) is 11.4. The SMILES string of the molecule is CN(Cc1ccc(OC(F)(F)F)cc1)C1CCNCC1. The van der Waals surface area contributed by atoms with Crippen molar-refractivity contribution in [3.63, 3.8) is 0 Å². The minimum atomic E-state index is -4.63. The molecule has 2 rings (SSSR count). The van der Waals surface area contributed by atoms with Gasteiger partial charge in [-0.1, -0.05) is 12.1 Å². The Labute approximate surface area is 116 Å². The van der Waals surface area contributed by atoms with Gasteiger partial charge < -0.3 is 10.1 Å². The number of benzene rings is 1. The van der Waals surface area contributed by atoms with Gasteiger partial charge in [0.15, 0.2) is 0 Å². The molecule has 0 spiro atoms. The van der Waals surface area contributed by atoms with E-state index in [1.54, 1.807) is 12.1 Å². The summed E-state index contributed by atoms with van der Waals surface area (Å²) in [5.74, 6) is -0.175. The zero-order valence-corrected chi connectivity index (χ0v) is 11.4. The Hall–Kier alpha value is -1.27. The summed E-state index contributed by atoms with van der Waals surface area (Å²) in [5, 5.41) is 3.31. The molecule has 3 nitrogen and oxygen atoms in total. The molecule has 0 bridgehead atoms. The number of piperidine rings is 1. The van der Waals surface area contributed by atoms with Crippen LogP contribution in [0.25, 0.3) is 0 Å². The van der Waals surface area contributed by atoms with Gasteiger partial charge >= 0.3 is 6.36 Å². The van der Waals surface area contributed by atoms with Gasteiger partial charge in [0.2, 0.25) is 0 Å². The predicted molar refractivity (Wildman–Crippen MR) is 70.5 cm³/mol. The van der Waals surface area contributed by atoms with Gasteiger partial charge in [-0.3, -0.25) is 4.90 Å². The highest BCUT2D eigenvalue weighted by molar-refractivity contribution is 5.27. The summed E-state index contributed by atoms with van der Waals surface area (Å²) in [6, 6.07) is 6.61. The van der Waals surface area contributed by atoms with E-state index < -0.39 is 6.36 Å². The third-order valence-electron chi connectivity index (χ3n) is 3.52. The van der Waals surface area contributed by atoms with Crippen LogP contribution in [-0.2, 0) is 6.54 Å². The molecule has 0 amide bonds. The molecule has 1 aliphatic rings. The highest BCUT2D eigenvalue weighted by atomic mass is 19.4. The number of hydrogen-bond donors (Lipinski definition) is 1. The van der Waals surface area contributed by atoms with Crippen LogP contribution in [0.2, 0.25) is 0 Å². The molecule has 6 heteroatoms. The molecular weight excluding hydrogens is 269 g/mol. The molecule has 112 valence electrons. The molecule has 0 aliphatic carbocycles. The van der Waals surface area contributed by atoms with Gasteiger partial charge in [-0.05, 0) is 50.7 Å². The quantitative estimate of drug-likeness (QED) is 0.922. The zero-order chi connectivity index (χ0) is 14.6. The summed E-state index contributed by atoms with van der Waals surface area (Å²) < 4.78 is 40.0. The second kappa shape index (κ2) is 6.45. The van der Waals surface area contributed by atoms with Gasteiger partial charge in [0, 0.05) is 12.6 Å². The van der Waals surface area contributed by atoms with Gasteiger partial charge in [-0.2, -0.15) is 0 Å². The van der Waals surface area contributed by atoms with Crippen molar-refractivity contribution < 1.29 is 17.9 Å². The maximum atomic E-state index is 12.1. The first-order valence-electron chi connectivity index (χ1n) is 6.70. The summed E-state index contributed by atoms with van der Waals surface area (Å²) in [4.78, 5) is 2.25. The van der Waals surface area contributed by atoms with E-state index in [-0.39, 0.29) is 5.75 Å². The van der Waals surface area contributed by atoms with Crippen molar-refractivity contribution in [3.05, 3.63) is 29.8 Å². The van der Waals surface area contributed by atoms with E-state index in [2.05, 4.69) is 22.0 Å². The van der Waals surface area contributed by atoms with Crippen LogP contribution in [0.5, 0.6) is 5.75 Å². The normalized spacial score (nSPS) is 17.4. The summed E-state index contributed by atoms with van der Waals surface area (Å²) in [7, 11) is 2.05. The Morgan fingerprint density at radius 1 is 1.20 bits per heavy atom. The van der Waals surface area contributed by atoms with Gasteiger partial charge in [0.1, 0.15) is 5.75 Å². The number of hydrogen-bond acceptors (Lipinski definition) is 3. The fourth-order valence-electron chi connectivity index (χ4n) is 2.46. The molecule has 1 saturated heterocycles. The van der Waals surface area contributed by atoms with E-state index in [9.17, 15) is 13.2 Å². The summed E-state index contributed by atoms with van der Waals surface area (Å²) in [6.07, 6.45) is -2.43. The average molecular weight is 288 g/mol. The van der Waals surface area contributed by atoms with Crippen molar-refractivity contribution in [1.82, 2.24) is 10.2 Å². The highest BCUT2D eigenvalue weighted by Gasteiger charge is 2.31. The number of halogens is 3. The second-order valence-electron chi connectivity index (χ2n) is 5.09. The largest absolute Gasteiger partial charge is 0.573 e. The van der Waals surface area contributed by atoms with E-state index in [1.165, 1.54) is 12.1 Å². The van der Waals surface area contributed by atoms with Crippen LogP contribution in [-0.4, -0.2) is 37.4 Å². The summed E-state index contributed by atoms with van der Waals surface area (Å²) >= 11 is 0. The van der Waals surface area contributed by atoms with Crippen molar-refractivity contribution in [1.29, 1.82) is 0 Å². The molecule has 1 N–H and O–H groups in total. The number of nitrogens with zero attached hydrogens (tertiary/aromatic N) is 1. The van der Waals surface area contributed by atoms with E-state index in [1.807, 2.05) is 0 Å². The third kappa shape index (κ3) is 4.68. The van der Waals surface area contributed by atoms with Gasteiger partial charge in [0.05, 0.1) is 0 Å². The lowest BCUT2D eigenvalue weighted by atomic mass is 10.0. The Morgan fingerprint density at radius 3 is 2.35 bits per heavy atom. The third-order valence-corrected chi connectivity index (χ3v) is 3.52. The first-order valence-corrected chi connectivity index (χ1v) is 6.70. The lowest BCUT2D eigenvalue weighted by molar-refractivity contribution is -0.274. The molecule has 1 aromatic carbocycles. The number of rotatable bonds is 4. The number of ether oxygens (including phenoxy) is 1. The summed E-state index contributed by atoms with van der Waals surface area (Å²) in [5.41, 5.74) is 0.987. The molecule has 1 aliphatic heterocycles. The van der Waals surface area contributed by atoms with E-state index in [0.717, 1.165) is 38.0 Å². The highest BCUT2D eigenvalue weighted by Crippen LogP contribution is 2.23. The first kappa shape index (κ1) is 15.1. The lowest BCUT2D eigenvalue weighted by Gasteiger charge is -2.31. The van der Waals surface area contributed by atoms with Crippen molar-refractivity contribution >= 4 is 0 Å². The van der Waals surface area contributed by atoms with Crippen LogP contribution in [0.15, 0.2) is 24.3 Å². The molecule has 1 fully saturated rings. The van der Waals surface area contributed by atoms with Crippen molar-refractivity contribution in [3.8, 4) is 5.75 Å². The van der Waals surface area contributed by atoms with Crippen LogP contribution in [0.4, 0.5) is 13.2 Å². The molecular formula is C14H19F3N2O. The fraction of sp³-hybridized carbons (Fsp3) is 0.571. The topological polar surface area (TPSA) is 24.5 Å². The molecule has 0 radical (unpaired) electrons. The van der Waals surface area contributed by atoms with Gasteiger partial charge in [-0.25, -0.2) is 0 Å². The van der Waals surface area contributed by atoms with Crippen molar-refractivity contribution in [2.75, 3.05) is 20.1 Å². The molecule has 0 aromatic heterocycles. The minimum Gasteiger partial charge on any atom is -0.406 e. The Kier molecular flexibility index (Phi) is 4.88. The van der Waals surface area contributed by atoms with Crippen LogP contribution >= 0.6 is 0 Å². The van der Waals surface area contributed by atoms with Gasteiger partial charge in [0.25, 0.3) is 0 Å². The lowest BCUT2D eigenvalue weighted by Crippen LogP contribution is -2.40. The van der Waals surface area contributed by atoms with Crippen LogP contribution in [0.1, 0.15) is 18.4 Å². The molecule has 1 heterocycles. The van der Waals surface area contributed by atoms with E-state index >= 15 is 0 Å². The Morgan fingerprint density at radius 2 is 1.80 bits per heavy atom.